The number of hydrogen-bond acceptors (Lipinski definition) is 11. The van der Waals surface area contributed by atoms with Crippen LogP contribution in [0.1, 0.15) is 8.27 Å². The van der Waals surface area contributed by atoms with Crippen molar-refractivity contribution in [3.63, 3.8) is 0 Å². The molecule has 0 amide bonds. The smallest absolute Gasteiger partial charge is 0.187 e. The topological polar surface area (TPSA) is 190 Å². The number of aliphatic hydroxyl groups excluding tert-OH is 7. The first-order valence-electron chi connectivity index (χ1n) is 8.02. The second kappa shape index (κ2) is 7.43. The average Bonchev–Trinajstić information content (AvgIpc) is 2.61. The van der Waals surface area contributed by atoms with E-state index in [1.165, 1.54) is 0 Å². The maximum atomic E-state index is 10.5. The first-order valence-corrected chi connectivity index (χ1v) is 7.31. The highest BCUT2D eigenvalue weighted by Gasteiger charge is 2.55. The molecule has 2 aliphatic rings. The molecule has 0 aromatic rings. The molecule has 0 bridgehead atoms. The van der Waals surface area contributed by atoms with Crippen molar-refractivity contribution >= 4 is 0 Å². The van der Waals surface area contributed by atoms with Crippen molar-refractivity contribution in [2.75, 3.05) is 13.2 Å². The van der Waals surface area contributed by atoms with E-state index in [2.05, 4.69) is 0 Å². The Morgan fingerprint density at radius 2 is 1.58 bits per heavy atom. The van der Waals surface area contributed by atoms with E-state index in [0.717, 1.165) is 0 Å². The van der Waals surface area contributed by atoms with Crippen molar-refractivity contribution < 1.29 is 56.4 Å². The lowest BCUT2D eigenvalue weighted by Gasteiger charge is -2.49. The maximum Gasteiger partial charge on any atom is 0.187 e. The summed E-state index contributed by atoms with van der Waals surface area (Å²) in [6, 6.07) is 0. The van der Waals surface area contributed by atoms with Gasteiger partial charge in [0.2, 0.25) is 0 Å². The highest BCUT2D eigenvalue weighted by Crippen LogP contribution is 2.34. The Kier molecular flexibility index (Phi) is 5.68. The number of aliphatic hydroxyl groups is 8. The van der Waals surface area contributed by atoms with E-state index in [-0.39, 0.29) is 0 Å². The molecule has 2 fully saturated rings. The Bertz CT molecular complexity index is 440. The molecule has 24 heavy (non-hydrogen) atoms. The minimum Gasteiger partial charge on any atom is -0.394 e. The predicted octanol–water partition coefficient (Wildman–Crippen LogP) is -5.01. The van der Waals surface area contributed by atoms with E-state index in [1.54, 1.807) is 0 Å². The zero-order valence-electron chi connectivity index (χ0n) is 13.6. The van der Waals surface area contributed by atoms with Crippen LogP contribution < -0.4 is 0 Å². The molecule has 0 aromatic heterocycles. The van der Waals surface area contributed by atoms with Crippen molar-refractivity contribution in [1.82, 2.24) is 0 Å². The average molecular weight is 357 g/mol. The van der Waals surface area contributed by atoms with Crippen LogP contribution in [0.3, 0.4) is 0 Å². The lowest BCUT2D eigenvalue weighted by atomic mass is 9.85. The zero-order valence-corrected chi connectivity index (χ0v) is 12.6. The van der Waals surface area contributed by atoms with Crippen LogP contribution in [-0.2, 0) is 14.2 Å². The predicted molar refractivity (Wildman–Crippen MR) is 73.2 cm³/mol. The van der Waals surface area contributed by atoms with Crippen molar-refractivity contribution in [2.24, 2.45) is 0 Å². The van der Waals surface area contributed by atoms with Gasteiger partial charge in [-0.15, -0.1) is 0 Å². The fourth-order valence-corrected chi connectivity index (χ4v) is 2.73. The summed E-state index contributed by atoms with van der Waals surface area (Å²) >= 11 is 0. The molecule has 10 atom stereocenters. The van der Waals surface area contributed by atoms with E-state index >= 15 is 0 Å². The summed E-state index contributed by atoms with van der Waals surface area (Å²) in [5.74, 6) is 0. The van der Waals surface area contributed by atoms with Crippen LogP contribution >= 0.6 is 0 Å². The van der Waals surface area contributed by atoms with Gasteiger partial charge in [-0.05, 0) is 6.90 Å². The van der Waals surface area contributed by atoms with Crippen molar-refractivity contribution in [3.05, 3.63) is 0 Å². The van der Waals surface area contributed by atoms with Gasteiger partial charge in [-0.3, -0.25) is 0 Å². The maximum absolute atomic E-state index is 10.5. The lowest BCUT2D eigenvalue weighted by Crippen LogP contribution is -2.69. The van der Waals surface area contributed by atoms with Crippen LogP contribution in [0.4, 0.5) is 0 Å². The molecule has 2 rings (SSSR count). The second-order valence-corrected chi connectivity index (χ2v) is 5.94. The summed E-state index contributed by atoms with van der Waals surface area (Å²) < 4.78 is 22.9. The summed E-state index contributed by atoms with van der Waals surface area (Å²) in [5, 5.41) is 78.1. The number of rotatable bonds is 4. The molecule has 2 aliphatic heterocycles. The van der Waals surface area contributed by atoms with Gasteiger partial charge in [0.05, 0.1) is 13.2 Å². The number of ether oxygens (including phenoxy) is 3. The molecule has 0 aliphatic carbocycles. The van der Waals surface area contributed by atoms with Gasteiger partial charge in [0.15, 0.2) is 12.6 Å². The minimum absolute atomic E-state index is 0.709. The molecule has 0 saturated carbocycles. The molecule has 142 valence electrons. The summed E-state index contributed by atoms with van der Waals surface area (Å²) in [6.45, 7) is -2.33. The van der Waals surface area contributed by atoms with Crippen LogP contribution in [-0.4, -0.2) is 115 Å². The fourth-order valence-electron chi connectivity index (χ4n) is 2.73. The SMILES string of the molecule is [2H]C[C@]1(O)[C@H](O[C@@H]2O[C@H](CO)[C@H](O)[C@H](O)[C@H]2O)[C@@H](CO)OC(O)[C@@H]1O. The molecular formula is C13H24O11. The zero-order chi connectivity index (χ0) is 18.9. The third-order valence-electron chi connectivity index (χ3n) is 4.24. The van der Waals surface area contributed by atoms with Gasteiger partial charge in [0, 0.05) is 1.37 Å². The largest absolute Gasteiger partial charge is 0.394 e. The van der Waals surface area contributed by atoms with Crippen molar-refractivity contribution in [2.45, 2.75) is 67.8 Å². The van der Waals surface area contributed by atoms with Crippen molar-refractivity contribution in [1.29, 1.82) is 0 Å². The summed E-state index contributed by atoms with van der Waals surface area (Å²) in [4.78, 5) is 0. The van der Waals surface area contributed by atoms with E-state index in [0.29, 0.717) is 0 Å². The van der Waals surface area contributed by atoms with E-state index in [4.69, 9.17) is 20.7 Å². The highest BCUT2D eigenvalue weighted by molar-refractivity contribution is 5.01. The van der Waals surface area contributed by atoms with Gasteiger partial charge in [-0.2, -0.15) is 0 Å². The third-order valence-corrected chi connectivity index (χ3v) is 4.24. The Hall–Kier alpha value is -0.440. The molecule has 0 spiro atoms. The lowest BCUT2D eigenvalue weighted by molar-refractivity contribution is -0.372. The Morgan fingerprint density at radius 3 is 2.12 bits per heavy atom. The summed E-state index contributed by atoms with van der Waals surface area (Å²) in [5.41, 5.74) is -2.39. The van der Waals surface area contributed by atoms with Gasteiger partial charge in [0.25, 0.3) is 0 Å². The van der Waals surface area contributed by atoms with Gasteiger partial charge in [-0.1, -0.05) is 0 Å². The molecule has 11 heteroatoms. The van der Waals surface area contributed by atoms with Gasteiger partial charge in [-0.25, -0.2) is 0 Å². The molecule has 2 saturated heterocycles. The third kappa shape index (κ3) is 3.43. The number of hydrogen-bond donors (Lipinski definition) is 8. The second-order valence-electron chi connectivity index (χ2n) is 5.94. The first kappa shape index (κ1) is 18.4. The Balaban J connectivity index is 2.25. The summed E-state index contributed by atoms with van der Waals surface area (Å²) in [6.07, 6.45) is -15.0. The normalized spacial score (nSPS) is 53.7. The first-order chi connectivity index (χ1) is 11.7. The van der Waals surface area contributed by atoms with Crippen LogP contribution in [0.25, 0.3) is 0 Å². The molecule has 0 radical (unpaired) electrons. The standard InChI is InChI=1S/C13H24O11/c1-13(21)9(19)11(20)22-5(3-15)10(13)24-12-8(18)7(17)6(16)4(2-14)23-12/h4-12,14-21H,2-3H2,1H3/t4-,5-,6+,7+,8-,9+,10-,11?,12+,13-/m1/s1/i1D. The molecule has 0 aromatic carbocycles. The van der Waals surface area contributed by atoms with E-state index in [1.807, 2.05) is 0 Å². The van der Waals surface area contributed by atoms with E-state index in [9.17, 15) is 35.7 Å². The minimum atomic E-state index is -2.39. The molecular weight excluding hydrogens is 332 g/mol. The van der Waals surface area contributed by atoms with Gasteiger partial charge >= 0.3 is 0 Å². The quantitative estimate of drug-likeness (QED) is 0.240. The van der Waals surface area contributed by atoms with Gasteiger partial charge < -0.3 is 55.1 Å². The monoisotopic (exact) mass is 357 g/mol. The van der Waals surface area contributed by atoms with Crippen LogP contribution in [0.15, 0.2) is 0 Å². The van der Waals surface area contributed by atoms with Crippen LogP contribution in [0.5, 0.6) is 0 Å². The molecule has 2 heterocycles. The molecule has 11 nitrogen and oxygen atoms in total. The Morgan fingerprint density at radius 1 is 0.958 bits per heavy atom. The molecule has 1 unspecified atom stereocenters. The van der Waals surface area contributed by atoms with E-state index < -0.39 is 81.0 Å². The van der Waals surface area contributed by atoms with Crippen molar-refractivity contribution in [3.8, 4) is 0 Å². The van der Waals surface area contributed by atoms with Crippen LogP contribution in [0.2, 0.25) is 0 Å². The van der Waals surface area contributed by atoms with Gasteiger partial charge in [0.1, 0.15) is 48.3 Å². The fraction of sp³-hybridized carbons (Fsp3) is 1.00. The molecule has 8 N–H and O–H groups in total. The summed E-state index contributed by atoms with van der Waals surface area (Å²) in [7, 11) is 0. The van der Waals surface area contributed by atoms with Crippen LogP contribution in [0, 0.1) is 0 Å². The highest BCUT2D eigenvalue weighted by atomic mass is 16.7. The Labute approximate surface area is 138 Å².